The van der Waals surface area contributed by atoms with E-state index < -0.39 is 6.04 Å². The van der Waals surface area contributed by atoms with Crippen LogP contribution in [0.15, 0.2) is 79.3 Å². The van der Waals surface area contributed by atoms with Crippen LogP contribution in [0.4, 0.5) is 5.69 Å². The van der Waals surface area contributed by atoms with Crippen LogP contribution >= 0.6 is 11.6 Å². The van der Waals surface area contributed by atoms with Crippen LogP contribution in [-0.2, 0) is 29.0 Å². The fourth-order valence-corrected chi connectivity index (χ4v) is 5.43. The van der Waals surface area contributed by atoms with Crippen molar-refractivity contribution in [2.24, 2.45) is 0 Å². The van der Waals surface area contributed by atoms with Gasteiger partial charge in [0.25, 0.3) is 0 Å². The van der Waals surface area contributed by atoms with Crippen LogP contribution in [0.5, 0.6) is 0 Å². The molecule has 204 valence electrons. The Morgan fingerprint density at radius 2 is 1.90 bits per heavy atom. The number of fused-ring (bicyclic) bond motifs is 2. The van der Waals surface area contributed by atoms with Gasteiger partial charge in [-0.25, -0.2) is 9.97 Å². The average molecular weight is 556 g/mol. The number of aromatic nitrogens is 3. The predicted molar refractivity (Wildman–Crippen MR) is 157 cm³/mol. The first-order chi connectivity index (χ1) is 19.4. The third-order valence-electron chi connectivity index (χ3n) is 7.21. The van der Waals surface area contributed by atoms with Crippen molar-refractivity contribution in [1.29, 1.82) is 0 Å². The Labute approximate surface area is 237 Å². The fourth-order valence-electron chi connectivity index (χ4n) is 5.15. The zero-order valence-corrected chi connectivity index (χ0v) is 23.1. The molecule has 0 aliphatic carbocycles. The zero-order valence-electron chi connectivity index (χ0n) is 22.3. The molecule has 2 aromatic heterocycles. The highest BCUT2D eigenvalue weighted by Crippen LogP contribution is 2.32. The van der Waals surface area contributed by atoms with Crippen molar-refractivity contribution in [2.75, 3.05) is 18.6 Å². The number of nitrogens with one attached hydrogen (secondary N) is 1. The van der Waals surface area contributed by atoms with Crippen molar-refractivity contribution < 1.29 is 14.7 Å². The molecule has 0 spiro atoms. The van der Waals surface area contributed by atoms with Crippen LogP contribution in [0.1, 0.15) is 16.8 Å². The summed E-state index contributed by atoms with van der Waals surface area (Å²) < 4.78 is 1.89. The lowest BCUT2D eigenvalue weighted by Gasteiger charge is -2.25. The lowest BCUT2D eigenvalue weighted by atomic mass is 10.0. The molecule has 0 saturated heterocycles. The highest BCUT2D eigenvalue weighted by Gasteiger charge is 2.26. The number of carbonyl (C=O) groups is 2. The highest BCUT2D eigenvalue weighted by atomic mass is 35.5. The number of benzene rings is 3. The molecule has 40 heavy (non-hydrogen) atoms. The Balaban J connectivity index is 1.43. The van der Waals surface area contributed by atoms with E-state index in [4.69, 9.17) is 11.6 Å². The molecular weight excluding hydrogens is 526 g/mol. The van der Waals surface area contributed by atoms with E-state index in [9.17, 15) is 14.7 Å². The third-order valence-corrected chi connectivity index (χ3v) is 7.53. The smallest absolute Gasteiger partial charge is 0.249 e. The summed E-state index contributed by atoms with van der Waals surface area (Å²) in [6.45, 7) is 1.89. The minimum atomic E-state index is -0.802. The van der Waals surface area contributed by atoms with Crippen molar-refractivity contribution in [3.05, 3.63) is 101 Å². The van der Waals surface area contributed by atoms with Crippen molar-refractivity contribution >= 4 is 50.9 Å². The molecule has 0 aliphatic heterocycles. The van der Waals surface area contributed by atoms with Gasteiger partial charge in [0.05, 0.1) is 16.1 Å². The molecule has 2 N–H and O–H groups in total. The number of aliphatic hydroxyl groups is 1. The van der Waals surface area contributed by atoms with E-state index in [-0.39, 0.29) is 25.0 Å². The predicted octanol–water partition coefficient (Wildman–Crippen LogP) is 4.47. The van der Waals surface area contributed by atoms with Crippen LogP contribution in [0.25, 0.3) is 21.8 Å². The fraction of sp³-hybridized carbons (Fsp3) is 0.226. The van der Waals surface area contributed by atoms with Crippen molar-refractivity contribution in [3.8, 4) is 0 Å². The third kappa shape index (κ3) is 5.54. The van der Waals surface area contributed by atoms with Crippen LogP contribution in [-0.4, -0.2) is 51.2 Å². The normalized spacial score (nSPS) is 12.0. The number of likely N-dealkylation sites (N-methyl/N-ethyl adjacent to an activating group) is 1. The zero-order chi connectivity index (χ0) is 28.2. The Hall–Kier alpha value is -4.27. The number of aliphatic hydroxyl groups excluding tert-OH is 1. The molecule has 1 atom stereocenters. The van der Waals surface area contributed by atoms with Gasteiger partial charge in [-0.3, -0.25) is 9.59 Å². The van der Waals surface area contributed by atoms with E-state index in [0.717, 1.165) is 38.6 Å². The van der Waals surface area contributed by atoms with Crippen molar-refractivity contribution in [3.63, 3.8) is 0 Å². The summed E-state index contributed by atoms with van der Waals surface area (Å²) in [7, 11) is 1.70. The Morgan fingerprint density at radius 1 is 1.10 bits per heavy atom. The number of amides is 2. The van der Waals surface area contributed by atoms with Crippen LogP contribution in [0, 0.1) is 6.92 Å². The van der Waals surface area contributed by atoms with Crippen LogP contribution in [0.2, 0.25) is 5.02 Å². The molecule has 0 fully saturated rings. The number of hydrogen-bond acceptors (Lipinski definition) is 5. The molecule has 5 aromatic rings. The molecule has 5 rings (SSSR count). The van der Waals surface area contributed by atoms with E-state index >= 15 is 0 Å². The molecular formula is C31H30ClN5O3. The Bertz CT molecular complexity index is 1690. The van der Waals surface area contributed by atoms with Gasteiger partial charge in [-0.1, -0.05) is 48.0 Å². The second-order valence-electron chi connectivity index (χ2n) is 9.73. The Morgan fingerprint density at radius 3 is 2.67 bits per heavy atom. The van der Waals surface area contributed by atoms with E-state index in [1.165, 1.54) is 6.33 Å². The SMILES string of the molecule is Cc1c(CCO)c2c(Cl)cccc2n1CC(=O)N[C@@H](Cc1ccccc1)C(=O)N(C)c1ccc2cncnc2c1. The first kappa shape index (κ1) is 27.3. The highest BCUT2D eigenvalue weighted by molar-refractivity contribution is 6.35. The average Bonchev–Trinajstić information content (AvgIpc) is 3.23. The number of carbonyl (C=O) groups excluding carboxylic acids is 2. The second kappa shape index (κ2) is 11.9. The minimum absolute atomic E-state index is 0.00326. The largest absolute Gasteiger partial charge is 0.396 e. The molecule has 2 amide bonds. The molecule has 9 heteroatoms. The van der Waals surface area contributed by atoms with Gasteiger partial charge in [-0.05, 0) is 54.8 Å². The molecule has 0 bridgehead atoms. The number of rotatable bonds is 9. The lowest BCUT2D eigenvalue weighted by molar-refractivity contribution is -0.127. The van der Waals surface area contributed by atoms with Gasteiger partial charge in [0.15, 0.2) is 0 Å². The molecule has 2 heterocycles. The maximum absolute atomic E-state index is 13.8. The summed E-state index contributed by atoms with van der Waals surface area (Å²) in [5.74, 6) is -0.548. The van der Waals surface area contributed by atoms with Gasteiger partial charge >= 0.3 is 0 Å². The maximum Gasteiger partial charge on any atom is 0.249 e. The summed E-state index contributed by atoms with van der Waals surface area (Å²) in [6, 6.07) is 19.9. The van der Waals surface area contributed by atoms with Gasteiger partial charge in [0, 0.05) is 48.4 Å². The van der Waals surface area contributed by atoms with Gasteiger partial charge in [-0.2, -0.15) is 0 Å². The number of anilines is 1. The summed E-state index contributed by atoms with van der Waals surface area (Å²) in [4.78, 5) is 37.2. The molecule has 0 unspecified atom stereocenters. The first-order valence-corrected chi connectivity index (χ1v) is 13.4. The van der Waals surface area contributed by atoms with Crippen molar-refractivity contribution in [2.45, 2.75) is 32.4 Å². The summed E-state index contributed by atoms with van der Waals surface area (Å²) >= 11 is 6.51. The molecule has 8 nitrogen and oxygen atoms in total. The van der Waals surface area contributed by atoms with E-state index in [0.29, 0.717) is 23.6 Å². The van der Waals surface area contributed by atoms with Crippen molar-refractivity contribution in [1.82, 2.24) is 19.9 Å². The summed E-state index contributed by atoms with van der Waals surface area (Å²) in [6.07, 6.45) is 3.95. The quantitative estimate of drug-likeness (QED) is 0.279. The lowest BCUT2D eigenvalue weighted by Crippen LogP contribution is -2.49. The summed E-state index contributed by atoms with van der Waals surface area (Å²) in [5, 5.41) is 14.9. The Kier molecular flexibility index (Phi) is 8.09. The monoisotopic (exact) mass is 555 g/mol. The minimum Gasteiger partial charge on any atom is -0.396 e. The topological polar surface area (TPSA) is 100 Å². The molecule has 0 radical (unpaired) electrons. The van der Waals surface area contributed by atoms with Crippen LogP contribution < -0.4 is 10.2 Å². The number of hydrogen-bond donors (Lipinski definition) is 2. The van der Waals surface area contributed by atoms with Gasteiger partial charge in [0.1, 0.15) is 18.9 Å². The van der Waals surface area contributed by atoms with E-state index in [2.05, 4.69) is 15.3 Å². The standard InChI is InChI=1S/C31H30ClN5O3/c1-20-24(13-14-38)30-25(32)9-6-10-28(30)37(20)18-29(39)35-27(15-21-7-4-3-5-8-21)31(40)36(2)23-12-11-22-17-33-19-34-26(22)16-23/h3-12,16-17,19,27,38H,13-15,18H2,1-2H3,(H,35,39)/t27-/m0/s1. The summed E-state index contributed by atoms with van der Waals surface area (Å²) in [5.41, 5.74) is 4.90. The number of halogens is 1. The molecule has 0 aliphatic rings. The van der Waals surface area contributed by atoms with Gasteiger partial charge < -0.3 is 19.9 Å². The molecule has 3 aromatic carbocycles. The second-order valence-corrected chi connectivity index (χ2v) is 10.1. The van der Waals surface area contributed by atoms with Gasteiger partial charge in [-0.15, -0.1) is 0 Å². The van der Waals surface area contributed by atoms with E-state index in [1.54, 1.807) is 24.2 Å². The van der Waals surface area contributed by atoms with E-state index in [1.807, 2.05) is 72.2 Å². The van der Waals surface area contributed by atoms with Gasteiger partial charge in [0.2, 0.25) is 11.8 Å². The molecule has 0 saturated carbocycles. The van der Waals surface area contributed by atoms with Crippen LogP contribution in [0.3, 0.4) is 0 Å². The number of nitrogens with zero attached hydrogens (tertiary/aromatic N) is 4. The maximum atomic E-state index is 13.8. The first-order valence-electron chi connectivity index (χ1n) is 13.0.